The van der Waals surface area contributed by atoms with Gasteiger partial charge in [0.25, 0.3) is 0 Å². The van der Waals surface area contributed by atoms with Gasteiger partial charge in [-0.25, -0.2) is 20.4 Å². The number of rotatable bonds is 10. The second-order valence-corrected chi connectivity index (χ2v) is 9.86. The molecule has 0 aliphatic rings. The van der Waals surface area contributed by atoms with E-state index in [0.29, 0.717) is 16.1 Å². The highest BCUT2D eigenvalue weighted by Gasteiger charge is 2.37. The van der Waals surface area contributed by atoms with E-state index in [4.69, 9.17) is 20.1 Å². The zero-order valence-electron chi connectivity index (χ0n) is 22.4. The summed E-state index contributed by atoms with van der Waals surface area (Å²) in [5.74, 6) is 0.759. The van der Waals surface area contributed by atoms with Gasteiger partial charge in [0.2, 0.25) is 0 Å². The Labute approximate surface area is 232 Å². The van der Waals surface area contributed by atoms with Crippen LogP contribution in [-0.4, -0.2) is 46.3 Å². The summed E-state index contributed by atoms with van der Waals surface area (Å²) in [6, 6.07) is 24.1. The number of carboxylic acids is 1. The fourth-order valence-electron chi connectivity index (χ4n) is 3.78. The van der Waals surface area contributed by atoms with Gasteiger partial charge in [-0.2, -0.15) is 0 Å². The largest absolute Gasteiger partial charge is 0.479 e. The van der Waals surface area contributed by atoms with E-state index in [1.54, 1.807) is 87.5 Å². The maximum Gasteiger partial charge on any atom is 0.425 e. The number of nitrogens with zero attached hydrogens (tertiary/aromatic N) is 1. The van der Waals surface area contributed by atoms with Gasteiger partial charge in [-0.3, -0.25) is 9.59 Å². The van der Waals surface area contributed by atoms with Crippen molar-refractivity contribution in [2.75, 3.05) is 6.61 Å². The first-order valence-electron chi connectivity index (χ1n) is 12.5. The van der Waals surface area contributed by atoms with E-state index in [1.807, 2.05) is 12.1 Å². The lowest BCUT2D eigenvalue weighted by Crippen LogP contribution is -2.45. The number of hydrogen-bond donors (Lipinski definition) is 2. The summed E-state index contributed by atoms with van der Waals surface area (Å²) >= 11 is 0. The number of hydrazine groups is 1. The summed E-state index contributed by atoms with van der Waals surface area (Å²) in [4.78, 5) is 51.1. The zero-order chi connectivity index (χ0) is 29.3. The van der Waals surface area contributed by atoms with Crippen molar-refractivity contribution in [2.45, 2.75) is 38.5 Å². The highest BCUT2D eigenvalue weighted by molar-refractivity contribution is 5.95. The van der Waals surface area contributed by atoms with Crippen LogP contribution < -0.4 is 5.84 Å². The van der Waals surface area contributed by atoms with Gasteiger partial charge in [0.05, 0.1) is 0 Å². The van der Waals surface area contributed by atoms with Crippen LogP contribution in [-0.2, 0) is 28.6 Å². The van der Waals surface area contributed by atoms with Gasteiger partial charge in [-0.15, -0.1) is 0 Å². The quantitative estimate of drug-likeness (QED) is 0.0939. The van der Waals surface area contributed by atoms with Crippen LogP contribution in [0.2, 0.25) is 0 Å². The Kier molecular flexibility index (Phi) is 9.99. The lowest BCUT2D eigenvalue weighted by molar-refractivity contribution is -0.173. The number of carboxylic acid groups (broad SMARTS) is 1. The number of carbonyl (C=O) groups excluding carboxylic acids is 3. The summed E-state index contributed by atoms with van der Waals surface area (Å²) in [5.41, 5.74) is 0.579. The Morgan fingerprint density at radius 1 is 0.775 bits per heavy atom. The Balaban J connectivity index is 1.83. The second kappa shape index (κ2) is 13.4. The van der Waals surface area contributed by atoms with E-state index in [1.165, 1.54) is 12.1 Å². The molecule has 0 aliphatic carbocycles. The van der Waals surface area contributed by atoms with Crippen LogP contribution in [0.25, 0.3) is 0 Å². The normalized spacial score (nSPS) is 12.6. The minimum atomic E-state index is -1.67. The third-order valence-corrected chi connectivity index (χ3v) is 5.63. The molecule has 0 saturated heterocycles. The molecule has 40 heavy (non-hydrogen) atoms. The molecule has 3 aromatic rings. The van der Waals surface area contributed by atoms with Crippen LogP contribution in [0.1, 0.15) is 49.6 Å². The predicted molar refractivity (Wildman–Crippen MR) is 144 cm³/mol. The van der Waals surface area contributed by atoms with E-state index in [2.05, 4.69) is 0 Å². The maximum atomic E-state index is 13.4. The van der Waals surface area contributed by atoms with Crippen LogP contribution in [0.4, 0.5) is 4.79 Å². The first-order chi connectivity index (χ1) is 19.0. The Morgan fingerprint density at radius 3 is 1.65 bits per heavy atom. The zero-order valence-corrected chi connectivity index (χ0v) is 22.4. The second-order valence-electron chi connectivity index (χ2n) is 9.86. The first kappa shape index (κ1) is 29.9. The first-order valence-corrected chi connectivity index (χ1v) is 12.5. The molecule has 1 amide bonds. The summed E-state index contributed by atoms with van der Waals surface area (Å²) < 4.78 is 16.4. The minimum Gasteiger partial charge on any atom is -0.479 e. The van der Waals surface area contributed by atoms with Crippen molar-refractivity contribution < 1.29 is 38.5 Å². The highest BCUT2D eigenvalue weighted by atomic mass is 16.6. The molecular weight excluding hydrogens is 516 g/mol. The molecular formula is C30H32N2O8. The molecule has 0 unspecified atom stereocenters. The Bertz CT molecular complexity index is 1250. The molecule has 3 N–H and O–H groups in total. The van der Waals surface area contributed by atoms with Crippen molar-refractivity contribution in [1.82, 2.24) is 5.01 Å². The minimum absolute atomic E-state index is 0.228. The van der Waals surface area contributed by atoms with Crippen molar-refractivity contribution in [2.24, 2.45) is 11.8 Å². The summed E-state index contributed by atoms with van der Waals surface area (Å²) in [5, 5.41) is 10.0. The van der Waals surface area contributed by atoms with Crippen molar-refractivity contribution in [3.05, 3.63) is 108 Å². The van der Waals surface area contributed by atoms with Crippen molar-refractivity contribution in [3.63, 3.8) is 0 Å². The number of carbonyl (C=O) groups is 4. The summed E-state index contributed by atoms with van der Waals surface area (Å²) in [6.07, 6.45) is -2.13. The van der Waals surface area contributed by atoms with Gasteiger partial charge in [-0.1, -0.05) is 91.0 Å². The molecule has 2 atom stereocenters. The standard InChI is InChI=1S/C30H32N2O8/c1-30(2,3)40-28(36)23(19-38-29(37)32(31)24(26(33)34)20-13-7-4-8-14-20)27(35)39-25(21-15-9-5-10-16-21)22-17-11-6-12-18-22/h4-18,23-25H,19,31H2,1-3H3,(H,33,34)/t23-,24+/m1/s1. The summed E-state index contributed by atoms with van der Waals surface area (Å²) in [7, 11) is 0. The number of esters is 2. The van der Waals surface area contributed by atoms with Crippen LogP contribution in [0, 0.1) is 5.92 Å². The predicted octanol–water partition coefficient (Wildman–Crippen LogP) is 4.42. The van der Waals surface area contributed by atoms with Gasteiger partial charge < -0.3 is 19.3 Å². The van der Waals surface area contributed by atoms with E-state index in [9.17, 15) is 24.3 Å². The van der Waals surface area contributed by atoms with E-state index in [-0.39, 0.29) is 5.56 Å². The molecule has 0 aliphatic heterocycles. The van der Waals surface area contributed by atoms with Crippen LogP contribution in [0.3, 0.4) is 0 Å². The number of amides is 1. The van der Waals surface area contributed by atoms with Gasteiger partial charge in [0.1, 0.15) is 12.2 Å². The van der Waals surface area contributed by atoms with Gasteiger partial charge in [-0.05, 0) is 37.5 Å². The topological polar surface area (TPSA) is 145 Å². The van der Waals surface area contributed by atoms with Crippen molar-refractivity contribution in [1.29, 1.82) is 0 Å². The smallest absolute Gasteiger partial charge is 0.425 e. The average Bonchev–Trinajstić information content (AvgIpc) is 2.92. The monoisotopic (exact) mass is 548 g/mol. The number of ether oxygens (including phenoxy) is 3. The number of nitrogens with two attached hydrogens (primary N) is 1. The third kappa shape index (κ3) is 8.15. The van der Waals surface area contributed by atoms with E-state index >= 15 is 0 Å². The lowest BCUT2D eigenvalue weighted by Gasteiger charge is -2.27. The van der Waals surface area contributed by atoms with Gasteiger partial charge >= 0.3 is 24.0 Å². The number of aliphatic carboxylic acids is 1. The Morgan fingerprint density at radius 2 is 1.23 bits per heavy atom. The average molecular weight is 549 g/mol. The lowest BCUT2D eigenvalue weighted by atomic mass is 10.0. The molecule has 10 heteroatoms. The number of benzene rings is 3. The molecule has 0 spiro atoms. The maximum absolute atomic E-state index is 13.4. The molecule has 3 aromatic carbocycles. The van der Waals surface area contributed by atoms with Gasteiger partial charge in [0.15, 0.2) is 18.1 Å². The molecule has 10 nitrogen and oxygen atoms in total. The van der Waals surface area contributed by atoms with Crippen molar-refractivity contribution in [3.8, 4) is 0 Å². The molecule has 3 rings (SSSR count). The molecule has 0 radical (unpaired) electrons. The van der Waals surface area contributed by atoms with Crippen LogP contribution in [0.15, 0.2) is 91.0 Å². The van der Waals surface area contributed by atoms with E-state index in [0.717, 1.165) is 0 Å². The fraction of sp³-hybridized carbons (Fsp3) is 0.267. The molecule has 0 aromatic heterocycles. The summed E-state index contributed by atoms with van der Waals surface area (Å²) in [6.45, 7) is 4.07. The fourth-order valence-corrected chi connectivity index (χ4v) is 3.78. The Hall–Kier alpha value is -4.70. The van der Waals surface area contributed by atoms with Gasteiger partial charge in [0, 0.05) is 0 Å². The molecule has 0 fully saturated rings. The SMILES string of the molecule is CC(C)(C)OC(=O)[C@H](COC(=O)N(N)[C@H](C(=O)O)c1ccccc1)C(=O)OC(c1ccccc1)c1ccccc1. The highest BCUT2D eigenvalue weighted by Crippen LogP contribution is 2.28. The van der Waals surface area contributed by atoms with Crippen molar-refractivity contribution >= 4 is 24.0 Å². The molecule has 0 heterocycles. The molecule has 0 saturated carbocycles. The molecule has 0 bridgehead atoms. The number of hydrogen-bond acceptors (Lipinski definition) is 8. The van der Waals surface area contributed by atoms with E-state index < -0.39 is 54.3 Å². The van der Waals surface area contributed by atoms with Crippen LogP contribution >= 0.6 is 0 Å². The molecule has 210 valence electrons. The van der Waals surface area contributed by atoms with Crippen LogP contribution in [0.5, 0.6) is 0 Å². The third-order valence-electron chi connectivity index (χ3n) is 5.63.